The Labute approximate surface area is 331 Å². The maximum Gasteiger partial charge on any atom is 0.407 e. The zero-order valence-electron chi connectivity index (χ0n) is 32.0. The van der Waals surface area contributed by atoms with Crippen molar-refractivity contribution in [3.8, 4) is 17.4 Å². The van der Waals surface area contributed by atoms with Crippen molar-refractivity contribution in [1.82, 2.24) is 41.2 Å². The molecule has 5 rings (SSSR count). The molecule has 2 aromatic heterocycles. The average Bonchev–Trinajstić information content (AvgIpc) is 3.76. The fourth-order valence-electron chi connectivity index (χ4n) is 5.35. The summed E-state index contributed by atoms with van der Waals surface area (Å²) in [5.74, 6) is -0.401. The largest absolute Gasteiger partial charge is 0.493 e. The highest BCUT2D eigenvalue weighted by atomic mass is 16.6. The van der Waals surface area contributed by atoms with Gasteiger partial charge >= 0.3 is 6.09 Å². The first-order valence-electron chi connectivity index (χ1n) is 18.2. The van der Waals surface area contributed by atoms with Crippen LogP contribution in [0.2, 0.25) is 0 Å². The molecule has 0 saturated heterocycles. The number of carbonyl (C=O) groups is 4. The fraction of sp³-hybridized carbons (Fsp3) is 0.417. The molecular formula is C36H44N12O10. The molecule has 4 amide bonds. The molecule has 2 aromatic carbocycles. The molecule has 7 N–H and O–H groups in total. The Hall–Kier alpha value is -7.13. The number of aromatic nitrogens is 4. The van der Waals surface area contributed by atoms with Gasteiger partial charge in [-0.25, -0.2) is 9.78 Å². The van der Waals surface area contributed by atoms with Gasteiger partial charge in [-0.3, -0.25) is 24.5 Å². The number of nitro benzene ring substituents is 1. The van der Waals surface area contributed by atoms with Gasteiger partial charge in [0.1, 0.15) is 18.2 Å². The predicted octanol–water partition coefficient (Wildman–Crippen LogP) is 2.89. The topological polar surface area (TPSA) is 302 Å². The minimum absolute atomic E-state index is 0.00852. The maximum absolute atomic E-state index is 12.5. The number of nitrogen functional groups attached to an aromatic ring is 1. The predicted molar refractivity (Wildman–Crippen MR) is 205 cm³/mol. The van der Waals surface area contributed by atoms with Crippen molar-refractivity contribution in [2.24, 2.45) is 10.2 Å². The Morgan fingerprint density at radius 3 is 2.38 bits per heavy atom. The average molecular weight is 805 g/mol. The number of nitro groups is 1. The first-order valence-corrected chi connectivity index (χ1v) is 18.2. The molecule has 0 radical (unpaired) electrons. The van der Waals surface area contributed by atoms with E-state index in [1.54, 1.807) is 6.92 Å². The van der Waals surface area contributed by atoms with Gasteiger partial charge in [-0.15, -0.1) is 0 Å². The van der Waals surface area contributed by atoms with E-state index >= 15 is 0 Å². The molecule has 0 spiro atoms. The number of imidazole rings is 1. The normalized spacial score (nSPS) is 12.9. The number of rotatable bonds is 22. The molecule has 1 aliphatic heterocycles. The van der Waals surface area contributed by atoms with Crippen molar-refractivity contribution < 1.29 is 43.0 Å². The van der Waals surface area contributed by atoms with Crippen LogP contribution < -0.4 is 41.2 Å². The molecule has 22 nitrogen and oxygen atoms in total. The van der Waals surface area contributed by atoms with Crippen LogP contribution in [-0.2, 0) is 32.3 Å². The fourth-order valence-corrected chi connectivity index (χ4v) is 5.35. The standard InChI is InChI=1S/C36H44N12O10/c1-21(58-35(52)39-13-12-38-30(51)18-41-29(50)10-11-36(2)46-47-36)24-15-26(55-3)27(16-25(24)48(53)54)56-14-4-5-28(49)40-17-22-6-8-23(9-7-22)19-57-33-31-32(43-20-42-31)44-34(37)45-33/h6-9,15-16,20-21H,4-5,10-14,17-19H2,1-3H3,(H,38,51)(H,39,52)(H,40,49)(H,41,50)(H3,37,42,43,44,45). The number of carbonyl (C=O) groups excluding carboxylic acids is 4. The van der Waals surface area contributed by atoms with Crippen LogP contribution in [0.25, 0.3) is 11.2 Å². The summed E-state index contributed by atoms with van der Waals surface area (Å²) in [6.45, 7) is 3.63. The van der Waals surface area contributed by atoms with Crippen LogP contribution in [0.3, 0.4) is 0 Å². The Balaban J connectivity index is 0.995. The minimum atomic E-state index is -1.07. The number of nitrogens with one attached hydrogen (secondary N) is 5. The molecule has 58 heavy (non-hydrogen) atoms. The summed E-state index contributed by atoms with van der Waals surface area (Å²) < 4.78 is 22.3. The third-order valence-corrected chi connectivity index (χ3v) is 8.62. The van der Waals surface area contributed by atoms with Crippen LogP contribution in [0.4, 0.5) is 16.4 Å². The Morgan fingerprint density at radius 1 is 0.931 bits per heavy atom. The third-order valence-electron chi connectivity index (χ3n) is 8.62. The van der Waals surface area contributed by atoms with E-state index in [1.165, 1.54) is 32.5 Å². The summed E-state index contributed by atoms with van der Waals surface area (Å²) in [5.41, 5.74) is 7.60. The number of amides is 4. The van der Waals surface area contributed by atoms with E-state index in [9.17, 15) is 29.3 Å². The van der Waals surface area contributed by atoms with E-state index in [-0.39, 0.29) is 86.2 Å². The molecule has 0 aliphatic carbocycles. The Morgan fingerprint density at radius 2 is 1.66 bits per heavy atom. The highest BCUT2D eigenvalue weighted by Gasteiger charge is 2.33. The molecule has 1 aliphatic rings. The van der Waals surface area contributed by atoms with Crippen LogP contribution in [0.1, 0.15) is 62.3 Å². The molecular weight excluding hydrogens is 760 g/mol. The lowest BCUT2D eigenvalue weighted by Gasteiger charge is -2.17. The van der Waals surface area contributed by atoms with Gasteiger partial charge in [0.05, 0.1) is 43.1 Å². The van der Waals surface area contributed by atoms with Gasteiger partial charge in [0.2, 0.25) is 29.5 Å². The summed E-state index contributed by atoms with van der Waals surface area (Å²) >= 11 is 0. The minimum Gasteiger partial charge on any atom is -0.493 e. The van der Waals surface area contributed by atoms with Gasteiger partial charge < -0.3 is 50.9 Å². The SMILES string of the molecule is COc1cc(C(C)OC(=O)NCCNC(=O)CNC(=O)CCC2(C)N=N2)c([N+](=O)[O-])cc1OCCCC(=O)NCc1ccc(COc2nc(N)nc3nc[nH]c23)cc1. The van der Waals surface area contributed by atoms with Crippen LogP contribution in [0.5, 0.6) is 17.4 Å². The molecule has 4 aromatic rings. The lowest BCUT2D eigenvalue weighted by molar-refractivity contribution is -0.386. The summed E-state index contributed by atoms with van der Waals surface area (Å²) in [4.78, 5) is 75.3. The second-order valence-corrected chi connectivity index (χ2v) is 13.2. The van der Waals surface area contributed by atoms with E-state index in [2.05, 4.69) is 51.4 Å². The molecule has 0 fully saturated rings. The maximum atomic E-state index is 12.5. The van der Waals surface area contributed by atoms with Crippen molar-refractivity contribution in [2.45, 2.75) is 64.4 Å². The number of ether oxygens (including phenoxy) is 4. The third kappa shape index (κ3) is 12.4. The first kappa shape index (κ1) is 42.0. The lowest BCUT2D eigenvalue weighted by Crippen LogP contribution is -2.40. The summed E-state index contributed by atoms with van der Waals surface area (Å²) in [6.07, 6.45) is 0.606. The highest BCUT2D eigenvalue weighted by Crippen LogP contribution is 2.38. The van der Waals surface area contributed by atoms with Gasteiger partial charge in [-0.05, 0) is 37.5 Å². The van der Waals surface area contributed by atoms with Crippen LogP contribution in [0.15, 0.2) is 53.0 Å². The Bertz CT molecular complexity index is 2140. The number of nitrogens with two attached hydrogens (primary N) is 1. The molecule has 3 heterocycles. The van der Waals surface area contributed by atoms with E-state index in [0.717, 1.165) is 11.1 Å². The number of alkyl carbamates (subject to hydrolysis) is 1. The van der Waals surface area contributed by atoms with Crippen molar-refractivity contribution in [3.63, 3.8) is 0 Å². The molecule has 308 valence electrons. The summed E-state index contributed by atoms with van der Waals surface area (Å²) in [7, 11) is 1.36. The second-order valence-electron chi connectivity index (χ2n) is 13.2. The number of H-pyrrole nitrogens is 1. The zero-order chi connectivity index (χ0) is 41.7. The smallest absolute Gasteiger partial charge is 0.407 e. The van der Waals surface area contributed by atoms with E-state index in [1.807, 2.05) is 24.3 Å². The van der Waals surface area contributed by atoms with Crippen molar-refractivity contribution >= 4 is 46.6 Å². The first-order chi connectivity index (χ1) is 27.8. The van der Waals surface area contributed by atoms with E-state index < -0.39 is 28.7 Å². The van der Waals surface area contributed by atoms with Crippen molar-refractivity contribution in [2.75, 3.05) is 39.1 Å². The number of nitrogens with zero attached hydrogens (tertiary/aromatic N) is 6. The molecule has 0 bridgehead atoms. The van der Waals surface area contributed by atoms with Crippen LogP contribution >= 0.6 is 0 Å². The van der Waals surface area contributed by atoms with Crippen molar-refractivity contribution in [3.05, 3.63) is 69.5 Å². The number of anilines is 1. The lowest BCUT2D eigenvalue weighted by atomic mass is 10.1. The number of hydrogen-bond donors (Lipinski definition) is 6. The highest BCUT2D eigenvalue weighted by molar-refractivity contribution is 5.84. The summed E-state index contributed by atoms with van der Waals surface area (Å²) in [5, 5.41) is 30.0. The van der Waals surface area contributed by atoms with Crippen LogP contribution in [-0.4, -0.2) is 87.7 Å². The number of methoxy groups -OCH3 is 1. The summed E-state index contributed by atoms with van der Waals surface area (Å²) in [6, 6.07) is 9.99. The number of fused-ring (bicyclic) bond motifs is 1. The van der Waals surface area contributed by atoms with Gasteiger partial charge in [0.25, 0.3) is 5.69 Å². The molecule has 1 unspecified atom stereocenters. The van der Waals surface area contributed by atoms with Gasteiger partial charge in [-0.2, -0.15) is 20.2 Å². The number of benzene rings is 2. The molecule has 0 saturated carbocycles. The van der Waals surface area contributed by atoms with Gasteiger partial charge in [-0.1, -0.05) is 24.3 Å². The quantitative estimate of drug-likeness (QED) is 0.0378. The van der Waals surface area contributed by atoms with E-state index in [0.29, 0.717) is 36.4 Å². The van der Waals surface area contributed by atoms with Crippen LogP contribution in [0, 0.1) is 10.1 Å². The van der Waals surface area contributed by atoms with E-state index in [4.69, 9.17) is 24.7 Å². The van der Waals surface area contributed by atoms with Gasteiger partial charge in [0.15, 0.2) is 22.8 Å². The molecule has 22 heteroatoms. The molecule has 1 atom stereocenters. The Kier molecular flexibility index (Phi) is 14.2. The van der Waals surface area contributed by atoms with Gasteiger partial charge in [0, 0.05) is 38.9 Å². The monoisotopic (exact) mass is 804 g/mol. The van der Waals surface area contributed by atoms with Crippen molar-refractivity contribution in [1.29, 1.82) is 0 Å². The zero-order valence-corrected chi connectivity index (χ0v) is 32.0. The number of hydrogen-bond acceptors (Lipinski definition) is 16. The second kappa shape index (κ2) is 19.6. The number of aromatic amines is 1.